The highest BCUT2D eigenvalue weighted by Crippen LogP contribution is 2.36. The fourth-order valence-corrected chi connectivity index (χ4v) is 2.60. The normalized spacial score (nSPS) is 17.1. The molecule has 2 aromatic rings. The van der Waals surface area contributed by atoms with Crippen molar-refractivity contribution in [1.29, 1.82) is 0 Å². The van der Waals surface area contributed by atoms with Gasteiger partial charge in [0, 0.05) is 18.9 Å². The van der Waals surface area contributed by atoms with Crippen LogP contribution in [0.5, 0.6) is 0 Å². The summed E-state index contributed by atoms with van der Waals surface area (Å²) in [4.78, 5) is 16.7. The minimum atomic E-state index is 0.0132. The standard InChI is InChI=1S/C15H16N2O/c1-2-8-17-9-7-16-15(17)14(18)13-10-11-5-3-4-6-12(11)13/h3-7,9,13H,2,8,10H2,1H3. The van der Waals surface area contributed by atoms with Crippen LogP contribution in [0.2, 0.25) is 0 Å². The van der Waals surface area contributed by atoms with Crippen LogP contribution in [0.3, 0.4) is 0 Å². The Balaban J connectivity index is 1.87. The Bertz CT molecular complexity index is 586. The van der Waals surface area contributed by atoms with Gasteiger partial charge in [-0.25, -0.2) is 4.98 Å². The number of nitrogens with zero attached hydrogens (tertiary/aromatic N) is 2. The Hall–Kier alpha value is -1.90. The van der Waals surface area contributed by atoms with Gasteiger partial charge in [-0.05, 0) is 24.0 Å². The van der Waals surface area contributed by atoms with E-state index in [1.54, 1.807) is 6.20 Å². The molecule has 0 fully saturated rings. The largest absolute Gasteiger partial charge is 0.329 e. The molecular formula is C15H16N2O. The van der Waals surface area contributed by atoms with Gasteiger partial charge in [-0.3, -0.25) is 4.79 Å². The highest BCUT2D eigenvalue weighted by molar-refractivity contribution is 6.00. The number of hydrogen-bond acceptors (Lipinski definition) is 2. The summed E-state index contributed by atoms with van der Waals surface area (Å²) < 4.78 is 1.96. The maximum Gasteiger partial charge on any atom is 0.206 e. The number of Topliss-reactive ketones (excluding diaryl/α,β-unsaturated/α-hetero) is 1. The van der Waals surface area contributed by atoms with Crippen LogP contribution in [0.25, 0.3) is 0 Å². The monoisotopic (exact) mass is 240 g/mol. The Labute approximate surface area is 106 Å². The number of imidazole rings is 1. The van der Waals surface area contributed by atoms with Gasteiger partial charge in [0.15, 0.2) is 5.82 Å². The maximum atomic E-state index is 12.5. The summed E-state index contributed by atoms with van der Waals surface area (Å²) >= 11 is 0. The predicted octanol–water partition coefficient (Wildman–Crippen LogP) is 2.82. The van der Waals surface area contributed by atoms with Gasteiger partial charge in [-0.15, -0.1) is 0 Å². The van der Waals surface area contributed by atoms with Crippen molar-refractivity contribution in [2.45, 2.75) is 32.2 Å². The van der Waals surface area contributed by atoms with E-state index in [9.17, 15) is 4.79 Å². The zero-order valence-electron chi connectivity index (χ0n) is 10.5. The molecule has 0 spiro atoms. The minimum absolute atomic E-state index is 0.0132. The minimum Gasteiger partial charge on any atom is -0.329 e. The summed E-state index contributed by atoms with van der Waals surface area (Å²) in [5.41, 5.74) is 2.47. The molecule has 1 unspecified atom stereocenters. The number of carbonyl (C=O) groups is 1. The molecule has 92 valence electrons. The molecule has 3 nitrogen and oxygen atoms in total. The highest BCUT2D eigenvalue weighted by Gasteiger charge is 2.34. The molecule has 0 bridgehead atoms. The first-order chi connectivity index (χ1) is 8.81. The first-order valence-corrected chi connectivity index (χ1v) is 6.44. The van der Waals surface area contributed by atoms with Gasteiger partial charge >= 0.3 is 0 Å². The molecular weight excluding hydrogens is 224 g/mol. The third-order valence-electron chi connectivity index (χ3n) is 3.57. The van der Waals surface area contributed by atoms with Crippen LogP contribution in [0.15, 0.2) is 36.7 Å². The molecule has 18 heavy (non-hydrogen) atoms. The second kappa shape index (κ2) is 4.41. The van der Waals surface area contributed by atoms with E-state index in [0.29, 0.717) is 5.82 Å². The van der Waals surface area contributed by atoms with Crippen molar-refractivity contribution in [2.24, 2.45) is 0 Å². The third-order valence-corrected chi connectivity index (χ3v) is 3.57. The molecule has 0 saturated heterocycles. The van der Waals surface area contributed by atoms with E-state index in [1.165, 1.54) is 11.1 Å². The van der Waals surface area contributed by atoms with E-state index in [1.807, 2.05) is 22.9 Å². The number of benzene rings is 1. The molecule has 0 N–H and O–H groups in total. The number of ketones is 1. The number of hydrogen-bond donors (Lipinski definition) is 0. The van der Waals surface area contributed by atoms with Crippen LogP contribution in [0.4, 0.5) is 0 Å². The van der Waals surface area contributed by atoms with Crippen molar-refractivity contribution >= 4 is 5.78 Å². The van der Waals surface area contributed by atoms with E-state index in [0.717, 1.165) is 19.4 Å². The zero-order chi connectivity index (χ0) is 12.5. The van der Waals surface area contributed by atoms with Crippen LogP contribution >= 0.6 is 0 Å². The first kappa shape index (κ1) is 11.2. The van der Waals surface area contributed by atoms with Crippen molar-refractivity contribution in [2.75, 3.05) is 0 Å². The second-order valence-corrected chi connectivity index (χ2v) is 4.76. The van der Waals surface area contributed by atoms with Crippen LogP contribution in [0.1, 0.15) is 41.0 Å². The zero-order valence-corrected chi connectivity index (χ0v) is 10.5. The fourth-order valence-electron chi connectivity index (χ4n) is 2.60. The van der Waals surface area contributed by atoms with Crippen molar-refractivity contribution in [1.82, 2.24) is 9.55 Å². The van der Waals surface area contributed by atoms with E-state index < -0.39 is 0 Å². The Kier molecular flexibility index (Phi) is 2.74. The Morgan fingerprint density at radius 3 is 3.06 bits per heavy atom. The summed E-state index contributed by atoms with van der Waals surface area (Å²) in [5.74, 6) is 0.780. The molecule has 3 rings (SSSR count). The third kappa shape index (κ3) is 1.67. The SMILES string of the molecule is CCCn1ccnc1C(=O)C1Cc2ccccc21. The highest BCUT2D eigenvalue weighted by atomic mass is 16.1. The van der Waals surface area contributed by atoms with Gasteiger partial charge in [-0.1, -0.05) is 31.2 Å². The second-order valence-electron chi connectivity index (χ2n) is 4.76. The molecule has 1 aromatic carbocycles. The van der Waals surface area contributed by atoms with Crippen molar-refractivity contribution in [3.63, 3.8) is 0 Å². The lowest BCUT2D eigenvalue weighted by atomic mass is 9.75. The van der Waals surface area contributed by atoms with Gasteiger partial charge < -0.3 is 4.57 Å². The summed E-state index contributed by atoms with van der Waals surface area (Å²) in [5, 5.41) is 0. The van der Waals surface area contributed by atoms with E-state index in [-0.39, 0.29) is 11.7 Å². The quantitative estimate of drug-likeness (QED) is 0.770. The molecule has 0 aliphatic heterocycles. The summed E-state index contributed by atoms with van der Waals surface area (Å²) in [6.07, 6.45) is 5.47. The van der Waals surface area contributed by atoms with Crippen LogP contribution < -0.4 is 0 Å². The summed E-state index contributed by atoms with van der Waals surface area (Å²) in [7, 11) is 0. The van der Waals surface area contributed by atoms with E-state index >= 15 is 0 Å². The Morgan fingerprint density at radius 2 is 2.28 bits per heavy atom. The van der Waals surface area contributed by atoms with Crippen molar-refractivity contribution in [3.8, 4) is 0 Å². The number of fused-ring (bicyclic) bond motifs is 1. The molecule has 0 saturated carbocycles. The molecule has 1 atom stereocenters. The van der Waals surface area contributed by atoms with Crippen molar-refractivity contribution in [3.05, 3.63) is 53.6 Å². The predicted molar refractivity (Wildman–Crippen MR) is 69.7 cm³/mol. The number of carbonyl (C=O) groups excluding carboxylic acids is 1. The lowest BCUT2D eigenvalue weighted by molar-refractivity contribution is 0.0934. The van der Waals surface area contributed by atoms with Gasteiger partial charge in [0.05, 0.1) is 5.92 Å². The van der Waals surface area contributed by atoms with E-state index in [4.69, 9.17) is 0 Å². The van der Waals surface area contributed by atoms with Crippen LogP contribution in [-0.4, -0.2) is 15.3 Å². The first-order valence-electron chi connectivity index (χ1n) is 6.44. The van der Waals surface area contributed by atoms with Crippen LogP contribution in [0, 0.1) is 0 Å². The molecule has 3 heteroatoms. The maximum absolute atomic E-state index is 12.5. The van der Waals surface area contributed by atoms with Gasteiger partial charge in [0.2, 0.25) is 5.78 Å². The van der Waals surface area contributed by atoms with E-state index in [2.05, 4.69) is 24.0 Å². The molecule has 1 aliphatic carbocycles. The smallest absolute Gasteiger partial charge is 0.206 e. The van der Waals surface area contributed by atoms with Crippen LogP contribution in [-0.2, 0) is 13.0 Å². The molecule has 1 aliphatic rings. The molecule has 0 amide bonds. The summed E-state index contributed by atoms with van der Waals surface area (Å²) in [6.45, 7) is 2.96. The summed E-state index contributed by atoms with van der Waals surface area (Å²) in [6, 6.07) is 8.17. The lowest BCUT2D eigenvalue weighted by Crippen LogP contribution is -2.27. The fraction of sp³-hybridized carbons (Fsp3) is 0.333. The topological polar surface area (TPSA) is 34.9 Å². The average molecular weight is 240 g/mol. The lowest BCUT2D eigenvalue weighted by Gasteiger charge is -2.28. The van der Waals surface area contributed by atoms with Gasteiger partial charge in [0.25, 0.3) is 0 Å². The molecule has 0 radical (unpaired) electrons. The number of aromatic nitrogens is 2. The number of aryl methyl sites for hydroxylation is 1. The van der Waals surface area contributed by atoms with Gasteiger partial charge in [-0.2, -0.15) is 0 Å². The Morgan fingerprint density at radius 1 is 1.44 bits per heavy atom. The molecule has 1 aromatic heterocycles. The average Bonchev–Trinajstić information content (AvgIpc) is 2.79. The van der Waals surface area contributed by atoms with Gasteiger partial charge in [0.1, 0.15) is 0 Å². The van der Waals surface area contributed by atoms with Crippen molar-refractivity contribution < 1.29 is 4.79 Å². The number of rotatable bonds is 4. The molecule has 1 heterocycles.